The number of hydrogen-bond donors (Lipinski definition) is 1. The Balaban J connectivity index is 0.000000191. The van der Waals surface area contributed by atoms with Gasteiger partial charge >= 0.3 is 0 Å². The number of aliphatic hydroxyl groups is 1. The first-order chi connectivity index (χ1) is 34.3. The fraction of sp³-hybridized carbons (Fsp3) is 0.434. The number of hydrogen-bond acceptors (Lipinski definition) is 12. The van der Waals surface area contributed by atoms with Crippen LogP contribution in [-0.2, 0) is 46.2 Å². The monoisotopic (exact) mass is 1010 g/mol. The van der Waals surface area contributed by atoms with Crippen LogP contribution < -0.4 is 18.9 Å². The van der Waals surface area contributed by atoms with E-state index in [2.05, 4.69) is 16.9 Å². The Kier molecular flexibility index (Phi) is 16.5. The molecule has 4 aromatic carbocycles. The summed E-state index contributed by atoms with van der Waals surface area (Å²) in [6.45, 7) is 6.93. The predicted octanol–water partition coefficient (Wildman–Crippen LogP) is 8.85. The van der Waals surface area contributed by atoms with Crippen molar-refractivity contribution in [3.63, 3.8) is 0 Å². The van der Waals surface area contributed by atoms with E-state index in [4.69, 9.17) is 24.0 Å². The lowest BCUT2D eigenvalue weighted by Crippen LogP contribution is -2.40. The first-order valence-electron chi connectivity index (χ1n) is 24.4. The van der Waals surface area contributed by atoms with Gasteiger partial charge in [-0.05, 0) is 116 Å². The second kappa shape index (κ2) is 22.8. The van der Waals surface area contributed by atoms with E-state index in [1.807, 2.05) is 115 Å². The predicted molar refractivity (Wildman–Crippen MR) is 270 cm³/mol. The molecule has 1 saturated heterocycles. The largest absolute Gasteiger partial charge is 0.497 e. The lowest BCUT2D eigenvalue weighted by atomic mass is 10.0. The summed E-state index contributed by atoms with van der Waals surface area (Å²) < 4.78 is 83.6. The highest BCUT2D eigenvalue weighted by Gasteiger charge is 2.38. The lowest BCUT2D eigenvalue weighted by Gasteiger charge is -2.38. The van der Waals surface area contributed by atoms with Crippen molar-refractivity contribution in [2.45, 2.75) is 119 Å². The number of ether oxygens (including phenoxy) is 4. The van der Waals surface area contributed by atoms with Gasteiger partial charge in [-0.1, -0.05) is 62.4 Å². The molecule has 2 atom stereocenters. The molecule has 1 N–H and O–H groups in total. The molecule has 0 radical (unpaired) electrons. The van der Waals surface area contributed by atoms with Gasteiger partial charge in [0.25, 0.3) is 20.0 Å². The zero-order valence-electron chi connectivity index (χ0n) is 41.6. The summed E-state index contributed by atoms with van der Waals surface area (Å²) in [6.07, 6.45) is 5.82. The molecular formula is C53H67N7O9S2. The van der Waals surface area contributed by atoms with E-state index in [1.54, 1.807) is 33.1 Å². The van der Waals surface area contributed by atoms with Crippen LogP contribution in [0.25, 0.3) is 0 Å². The number of aromatic nitrogens is 4. The highest BCUT2D eigenvalue weighted by atomic mass is 32.2. The molecule has 6 aromatic rings. The third-order valence-electron chi connectivity index (χ3n) is 13.3. The summed E-state index contributed by atoms with van der Waals surface area (Å²) >= 11 is 0. The molecular weight excluding hydrogens is 943 g/mol. The maximum absolute atomic E-state index is 14.1. The molecule has 2 saturated carbocycles. The first-order valence-corrected chi connectivity index (χ1v) is 27.3. The fourth-order valence-corrected chi connectivity index (χ4v) is 11.4. The van der Waals surface area contributed by atoms with Crippen molar-refractivity contribution in [2.24, 2.45) is 0 Å². The first kappa shape index (κ1) is 51.6. The number of aliphatic hydroxyl groups excluding tert-OH is 1. The quantitative estimate of drug-likeness (QED) is 0.0648. The van der Waals surface area contributed by atoms with E-state index in [0.29, 0.717) is 29.7 Å². The van der Waals surface area contributed by atoms with Crippen LogP contribution in [0.15, 0.2) is 119 Å². The second-order valence-electron chi connectivity index (χ2n) is 18.3. The van der Waals surface area contributed by atoms with Gasteiger partial charge in [0, 0.05) is 51.4 Å². The molecule has 1 aliphatic heterocycles. The Bertz CT molecular complexity index is 2800. The van der Waals surface area contributed by atoms with Crippen molar-refractivity contribution < 1.29 is 40.9 Å². The van der Waals surface area contributed by atoms with Crippen LogP contribution in [0.5, 0.6) is 23.0 Å². The van der Waals surface area contributed by atoms with Crippen LogP contribution in [0.1, 0.15) is 117 Å². The summed E-state index contributed by atoms with van der Waals surface area (Å²) in [6, 6.07) is 33.7. The van der Waals surface area contributed by atoms with Crippen molar-refractivity contribution in [3.8, 4) is 23.0 Å². The molecule has 0 bridgehead atoms. The summed E-state index contributed by atoms with van der Waals surface area (Å²) in [5.74, 6) is 2.87. The van der Waals surface area contributed by atoms with Crippen molar-refractivity contribution in [1.29, 1.82) is 0 Å². The average molecular weight is 1010 g/mol. The van der Waals surface area contributed by atoms with Crippen LogP contribution in [-0.4, -0.2) is 96.5 Å². The Morgan fingerprint density at radius 3 is 1.13 bits per heavy atom. The molecule has 3 heterocycles. The molecule has 2 aromatic heterocycles. The van der Waals surface area contributed by atoms with Gasteiger partial charge in [0.2, 0.25) is 0 Å². The fourth-order valence-electron chi connectivity index (χ4n) is 8.71. The highest BCUT2D eigenvalue weighted by molar-refractivity contribution is 7.89. The van der Waals surface area contributed by atoms with Gasteiger partial charge in [-0.25, -0.2) is 16.8 Å². The van der Waals surface area contributed by atoms with E-state index in [1.165, 1.54) is 21.1 Å². The number of rotatable bonds is 23. The smallest absolute Gasteiger partial charge is 0.263 e. The average Bonchev–Trinajstić information content (AvgIpc) is 4.32. The minimum absolute atomic E-state index is 0.0380. The Hall–Kier alpha value is -5.76. The van der Waals surface area contributed by atoms with Crippen LogP contribution in [0.3, 0.4) is 0 Å². The van der Waals surface area contributed by atoms with E-state index in [-0.39, 0.29) is 48.3 Å². The zero-order chi connectivity index (χ0) is 50.3. The summed E-state index contributed by atoms with van der Waals surface area (Å²) in [4.78, 5) is 2.43. The minimum atomic E-state index is -3.95. The van der Waals surface area contributed by atoms with Crippen LogP contribution >= 0.6 is 0 Å². The summed E-state index contributed by atoms with van der Waals surface area (Å²) in [5.41, 5.74) is 5.00. The topological polar surface area (TPSA) is 171 Å². The molecule has 3 aliphatic rings. The third kappa shape index (κ3) is 12.3. The number of nitrogens with zero attached hydrogens (tertiary/aromatic N) is 7. The highest BCUT2D eigenvalue weighted by Crippen LogP contribution is 2.41. The van der Waals surface area contributed by atoms with Crippen molar-refractivity contribution >= 4 is 20.0 Å². The Morgan fingerprint density at radius 2 is 0.859 bits per heavy atom. The maximum atomic E-state index is 14.1. The number of sulfonamides is 2. The van der Waals surface area contributed by atoms with E-state index in [0.717, 1.165) is 84.6 Å². The molecule has 16 nitrogen and oxygen atoms in total. The number of methoxy groups -OCH3 is 4. The van der Waals surface area contributed by atoms with Crippen LogP contribution in [0.2, 0.25) is 0 Å². The molecule has 2 unspecified atom stereocenters. The number of likely N-dealkylation sites (tertiary alicyclic amines) is 1. The van der Waals surface area contributed by atoms with Gasteiger partial charge in [0.15, 0.2) is 10.1 Å². The lowest BCUT2D eigenvalue weighted by molar-refractivity contribution is 0.108. The van der Waals surface area contributed by atoms with Crippen LogP contribution in [0.4, 0.5) is 0 Å². The summed E-state index contributed by atoms with van der Waals surface area (Å²) in [5, 5.41) is 19.8. The molecule has 380 valence electrons. The van der Waals surface area contributed by atoms with Gasteiger partial charge in [0.1, 0.15) is 23.0 Å². The standard InChI is InChI=1S/C28H36N4O4S.C25H31N3O5S/c1-4-26(30-16-5-17-30)27-18-28(29-32(27)23-10-11-23)37(33,34)31(19-21-6-12-24(35-2)13-7-21)20-22-8-14-25(36-3)15-9-22;1-4-24(29)23-15-25(26-28(23)20-9-10-20)34(30,31)27(16-18-5-11-21(32-2)12-6-18)17-19-7-13-22(33-3)14-8-19/h6-9,12-15,18,23,26H,4-5,10-11,16-17,19-20H2,1-3H3;5-8,11-15,20,24,29H,4,9-10,16-17H2,1-3H3. The molecule has 3 fully saturated rings. The van der Waals surface area contributed by atoms with E-state index in [9.17, 15) is 21.9 Å². The van der Waals surface area contributed by atoms with Crippen molar-refractivity contribution in [2.75, 3.05) is 41.5 Å². The Labute approximate surface area is 418 Å². The van der Waals surface area contributed by atoms with Gasteiger partial charge in [-0.3, -0.25) is 14.3 Å². The van der Waals surface area contributed by atoms with Crippen molar-refractivity contribution in [1.82, 2.24) is 33.1 Å². The molecule has 0 spiro atoms. The molecule has 18 heteroatoms. The zero-order valence-corrected chi connectivity index (χ0v) is 43.2. The SMILES string of the molecule is CCC(O)c1cc(S(=O)(=O)N(Cc2ccc(OC)cc2)Cc2ccc(OC)cc2)nn1C1CC1.CCC(c1cc(S(=O)(=O)N(Cc2ccc(OC)cc2)Cc2ccc(OC)cc2)nn1C1CC1)N1CCC1. The van der Waals surface area contributed by atoms with Crippen LogP contribution in [0, 0.1) is 0 Å². The van der Waals surface area contributed by atoms with Crippen molar-refractivity contribution in [3.05, 3.63) is 143 Å². The van der Waals surface area contributed by atoms with E-state index < -0.39 is 26.2 Å². The van der Waals surface area contributed by atoms with Gasteiger partial charge in [-0.15, -0.1) is 0 Å². The Morgan fingerprint density at radius 1 is 0.535 bits per heavy atom. The second-order valence-corrected chi connectivity index (χ2v) is 22.1. The maximum Gasteiger partial charge on any atom is 0.263 e. The molecule has 9 rings (SSSR count). The summed E-state index contributed by atoms with van der Waals surface area (Å²) in [7, 11) is -1.40. The minimum Gasteiger partial charge on any atom is -0.497 e. The molecule has 2 aliphatic carbocycles. The third-order valence-corrected chi connectivity index (χ3v) is 16.7. The molecule has 0 amide bonds. The van der Waals surface area contributed by atoms with E-state index >= 15 is 0 Å². The van der Waals surface area contributed by atoms with Gasteiger partial charge in [0.05, 0.1) is 64.1 Å². The molecule has 71 heavy (non-hydrogen) atoms. The number of benzene rings is 4. The normalized spacial score (nSPS) is 16.0. The van der Waals surface area contributed by atoms with Gasteiger partial charge < -0.3 is 24.1 Å². The van der Waals surface area contributed by atoms with Gasteiger partial charge in [-0.2, -0.15) is 18.8 Å².